The number of aryl methyl sites for hydroxylation is 1. The van der Waals surface area contributed by atoms with Crippen molar-refractivity contribution in [1.29, 1.82) is 5.26 Å². The third kappa shape index (κ3) is 1.84. The van der Waals surface area contributed by atoms with E-state index in [1.165, 1.54) is 0 Å². The number of rotatable bonds is 2. The molecule has 1 aliphatic carbocycles. The molecule has 0 aliphatic heterocycles. The molecule has 0 spiro atoms. The van der Waals surface area contributed by atoms with Crippen LogP contribution in [0.1, 0.15) is 17.0 Å². The van der Waals surface area contributed by atoms with Crippen molar-refractivity contribution < 1.29 is 8.42 Å². The molecule has 90 valence electrons. The van der Waals surface area contributed by atoms with E-state index >= 15 is 0 Å². The minimum absolute atomic E-state index is 0.414. The van der Waals surface area contributed by atoms with Crippen molar-refractivity contribution >= 4 is 9.84 Å². The molecule has 0 heterocycles. The molecule has 0 aromatic heterocycles. The van der Waals surface area contributed by atoms with Gasteiger partial charge in [-0.25, -0.2) is 8.42 Å². The summed E-state index contributed by atoms with van der Waals surface area (Å²) in [5, 5.41) is 8.26. The summed E-state index contributed by atoms with van der Waals surface area (Å²) in [7, 11) is -3.30. The Bertz CT molecular complexity index is 586. The summed E-state index contributed by atoms with van der Waals surface area (Å²) in [4.78, 5) is 0. The molecule has 0 unspecified atom stereocenters. The van der Waals surface area contributed by atoms with Crippen molar-refractivity contribution in [2.75, 3.05) is 6.26 Å². The van der Waals surface area contributed by atoms with Crippen LogP contribution in [0.15, 0.2) is 24.3 Å². The fraction of sp³-hybridized carbons (Fsp3) is 0.417. The molecule has 3 atom stereocenters. The SMILES string of the molecule is Cc1ccc([C@H]2[C@H](S(C)(=O)=O)[C@@]2(N)C#N)cc1. The maximum absolute atomic E-state index is 11.6. The third-order valence-electron chi connectivity index (χ3n) is 3.27. The van der Waals surface area contributed by atoms with Crippen molar-refractivity contribution in [3.05, 3.63) is 35.4 Å². The predicted molar refractivity (Wildman–Crippen MR) is 65.1 cm³/mol. The average molecular weight is 250 g/mol. The van der Waals surface area contributed by atoms with Gasteiger partial charge in [-0.1, -0.05) is 29.8 Å². The second-order valence-corrected chi connectivity index (χ2v) is 6.85. The Morgan fingerprint density at radius 2 is 1.88 bits per heavy atom. The fourth-order valence-electron chi connectivity index (χ4n) is 2.33. The molecule has 0 bridgehead atoms. The molecule has 1 aliphatic rings. The molecule has 4 nitrogen and oxygen atoms in total. The molecule has 2 rings (SSSR count). The quantitative estimate of drug-likeness (QED) is 0.838. The second kappa shape index (κ2) is 3.56. The first kappa shape index (κ1) is 12.1. The van der Waals surface area contributed by atoms with Crippen molar-refractivity contribution in [2.45, 2.75) is 23.6 Å². The maximum Gasteiger partial charge on any atom is 0.153 e. The zero-order chi connectivity index (χ0) is 12.8. The average Bonchev–Trinajstić information content (AvgIpc) is 2.87. The first-order chi connectivity index (χ1) is 7.80. The van der Waals surface area contributed by atoms with Crippen LogP contribution in [0.25, 0.3) is 0 Å². The van der Waals surface area contributed by atoms with Gasteiger partial charge in [-0.05, 0) is 12.5 Å². The highest BCUT2D eigenvalue weighted by molar-refractivity contribution is 7.91. The van der Waals surface area contributed by atoms with E-state index in [4.69, 9.17) is 11.0 Å². The predicted octanol–water partition coefficient (Wildman–Crippen LogP) is 0.726. The van der Waals surface area contributed by atoms with Crippen LogP contribution in [0.3, 0.4) is 0 Å². The lowest BCUT2D eigenvalue weighted by molar-refractivity contribution is 0.597. The minimum atomic E-state index is -3.30. The first-order valence-corrected chi connectivity index (χ1v) is 7.21. The number of benzene rings is 1. The Balaban J connectivity index is 2.42. The van der Waals surface area contributed by atoms with Gasteiger partial charge in [-0.3, -0.25) is 0 Å². The lowest BCUT2D eigenvalue weighted by atomic mass is 10.1. The van der Waals surface area contributed by atoms with E-state index in [0.717, 1.165) is 17.4 Å². The lowest BCUT2D eigenvalue weighted by Gasteiger charge is -2.01. The Labute approximate surface area is 101 Å². The summed E-state index contributed by atoms with van der Waals surface area (Å²) in [6.07, 6.45) is 1.13. The number of hydrogen-bond donors (Lipinski definition) is 1. The monoisotopic (exact) mass is 250 g/mol. The highest BCUT2D eigenvalue weighted by atomic mass is 32.2. The molecule has 1 aromatic rings. The van der Waals surface area contributed by atoms with Gasteiger partial charge in [-0.15, -0.1) is 0 Å². The second-order valence-electron chi connectivity index (χ2n) is 4.68. The van der Waals surface area contributed by atoms with E-state index in [-0.39, 0.29) is 0 Å². The first-order valence-electron chi connectivity index (χ1n) is 5.26. The van der Waals surface area contributed by atoms with Crippen LogP contribution in [0.5, 0.6) is 0 Å². The van der Waals surface area contributed by atoms with Gasteiger partial charge in [-0.2, -0.15) is 5.26 Å². The van der Waals surface area contributed by atoms with Gasteiger partial charge in [0.2, 0.25) is 0 Å². The van der Waals surface area contributed by atoms with Crippen molar-refractivity contribution in [3.8, 4) is 6.07 Å². The number of nitriles is 1. The molecular formula is C12H14N2O2S. The molecule has 0 radical (unpaired) electrons. The molecule has 1 saturated carbocycles. The van der Waals surface area contributed by atoms with E-state index < -0.39 is 26.5 Å². The van der Waals surface area contributed by atoms with Gasteiger partial charge in [0, 0.05) is 12.2 Å². The van der Waals surface area contributed by atoms with Crippen LogP contribution in [0.4, 0.5) is 0 Å². The van der Waals surface area contributed by atoms with Crippen LogP contribution >= 0.6 is 0 Å². The Morgan fingerprint density at radius 1 is 1.35 bits per heavy atom. The summed E-state index contributed by atoms with van der Waals surface area (Å²) in [5.74, 6) is -0.414. The topological polar surface area (TPSA) is 83.9 Å². The van der Waals surface area contributed by atoms with Gasteiger partial charge in [0.25, 0.3) is 0 Å². The summed E-state index contributed by atoms with van der Waals surface area (Å²) < 4.78 is 23.2. The number of nitrogens with zero attached hydrogens (tertiary/aromatic N) is 1. The van der Waals surface area contributed by atoms with Crippen LogP contribution < -0.4 is 5.73 Å². The van der Waals surface area contributed by atoms with Crippen LogP contribution in [-0.2, 0) is 9.84 Å². The van der Waals surface area contributed by atoms with Crippen LogP contribution in [0, 0.1) is 18.3 Å². The van der Waals surface area contributed by atoms with Gasteiger partial charge >= 0.3 is 0 Å². The normalized spacial score (nSPS) is 31.9. The van der Waals surface area contributed by atoms with Crippen molar-refractivity contribution in [2.24, 2.45) is 5.73 Å². The largest absolute Gasteiger partial charge is 0.312 e. The van der Waals surface area contributed by atoms with Crippen molar-refractivity contribution in [3.63, 3.8) is 0 Å². The van der Waals surface area contributed by atoms with E-state index in [9.17, 15) is 8.42 Å². The van der Waals surface area contributed by atoms with Crippen molar-refractivity contribution in [1.82, 2.24) is 0 Å². The Hall–Kier alpha value is -1.38. The number of hydrogen-bond acceptors (Lipinski definition) is 4. The van der Waals surface area contributed by atoms with Gasteiger partial charge in [0.1, 0.15) is 10.8 Å². The van der Waals surface area contributed by atoms with E-state index in [0.29, 0.717) is 0 Å². The highest BCUT2D eigenvalue weighted by Gasteiger charge is 2.69. The maximum atomic E-state index is 11.6. The Morgan fingerprint density at radius 3 is 2.24 bits per heavy atom. The molecule has 5 heteroatoms. The summed E-state index contributed by atoms with van der Waals surface area (Å²) >= 11 is 0. The van der Waals surface area contributed by atoms with Crippen LogP contribution in [0.2, 0.25) is 0 Å². The highest BCUT2D eigenvalue weighted by Crippen LogP contribution is 2.53. The standard InChI is InChI=1S/C12H14N2O2S/c1-8-3-5-9(6-4-8)10-11(17(2,15)16)12(10,14)7-13/h3-6,10-11H,14H2,1-2H3/t10-,11-,12+/m0/s1. The zero-order valence-corrected chi connectivity index (χ0v) is 10.5. The summed E-state index contributed by atoms with van der Waals surface area (Å²) in [5.41, 5.74) is 6.48. The Kier molecular flexibility index (Phi) is 2.53. The zero-order valence-electron chi connectivity index (χ0n) is 9.71. The fourth-order valence-corrected chi connectivity index (χ4v) is 4.04. The number of nitrogens with two attached hydrogens (primary N) is 1. The smallest absolute Gasteiger partial charge is 0.153 e. The summed E-state index contributed by atoms with van der Waals surface area (Å²) in [6, 6.07) is 9.40. The van der Waals surface area contributed by atoms with Gasteiger partial charge < -0.3 is 5.73 Å². The summed E-state index contributed by atoms with van der Waals surface area (Å²) in [6.45, 7) is 1.95. The van der Waals surface area contributed by atoms with Gasteiger partial charge in [0.15, 0.2) is 9.84 Å². The van der Waals surface area contributed by atoms with E-state index in [2.05, 4.69) is 0 Å². The van der Waals surface area contributed by atoms with Gasteiger partial charge in [0.05, 0.1) is 6.07 Å². The molecule has 1 aromatic carbocycles. The van der Waals surface area contributed by atoms with Crippen LogP contribution in [-0.4, -0.2) is 25.5 Å². The minimum Gasteiger partial charge on any atom is -0.312 e. The number of sulfone groups is 1. The molecule has 17 heavy (non-hydrogen) atoms. The molecular weight excluding hydrogens is 236 g/mol. The molecule has 0 amide bonds. The third-order valence-corrected chi connectivity index (χ3v) is 4.86. The molecule has 1 fully saturated rings. The van der Waals surface area contributed by atoms with E-state index in [1.807, 2.05) is 37.3 Å². The molecule has 0 saturated heterocycles. The van der Waals surface area contributed by atoms with E-state index in [1.54, 1.807) is 0 Å². The lowest BCUT2D eigenvalue weighted by Crippen LogP contribution is -2.28. The molecule has 2 N–H and O–H groups in total.